The van der Waals surface area contributed by atoms with Gasteiger partial charge in [0.1, 0.15) is 5.76 Å². The molecule has 2 amide bonds. The molecule has 0 bridgehead atoms. The molecule has 7 nitrogen and oxygen atoms in total. The van der Waals surface area contributed by atoms with Crippen molar-refractivity contribution in [2.75, 3.05) is 29.9 Å². The van der Waals surface area contributed by atoms with E-state index in [1.165, 1.54) is 0 Å². The Bertz CT molecular complexity index is 707. The minimum Gasteiger partial charge on any atom is -0.375 e. The topological polar surface area (TPSA) is 79.6 Å². The number of carbonyl (C=O) groups excluding carboxylic acids is 1. The Morgan fingerprint density at radius 3 is 2.72 bits per heavy atom. The number of amides is 2. The van der Waals surface area contributed by atoms with Crippen LogP contribution in [0.25, 0.3) is 0 Å². The third-order valence-electron chi connectivity index (χ3n) is 4.34. The van der Waals surface area contributed by atoms with Crippen LogP contribution in [0, 0.1) is 13.8 Å². The lowest BCUT2D eigenvalue weighted by atomic mass is 10.2. The van der Waals surface area contributed by atoms with Gasteiger partial charge in [0.05, 0.1) is 18.4 Å². The van der Waals surface area contributed by atoms with Crippen molar-refractivity contribution in [2.45, 2.75) is 33.4 Å². The second-order valence-corrected chi connectivity index (χ2v) is 6.28. The molecule has 1 atom stereocenters. The number of aryl methyl sites for hydroxylation is 2. The molecule has 1 saturated heterocycles. The van der Waals surface area contributed by atoms with Crippen molar-refractivity contribution in [3.05, 3.63) is 41.3 Å². The second kappa shape index (κ2) is 7.57. The van der Waals surface area contributed by atoms with Gasteiger partial charge in [-0.2, -0.15) is 0 Å². The molecule has 0 aliphatic carbocycles. The van der Waals surface area contributed by atoms with Gasteiger partial charge in [0.25, 0.3) is 0 Å². The Kier molecular flexibility index (Phi) is 5.23. The predicted molar refractivity (Wildman–Crippen MR) is 95.9 cm³/mol. The summed E-state index contributed by atoms with van der Waals surface area (Å²) in [5.41, 5.74) is 3.59. The minimum absolute atomic E-state index is 0.238. The molecule has 7 heteroatoms. The van der Waals surface area contributed by atoms with E-state index in [0.717, 1.165) is 48.1 Å². The molecule has 134 valence electrons. The summed E-state index contributed by atoms with van der Waals surface area (Å²) in [6.07, 6.45) is 0.238. The number of nitrogens with zero attached hydrogens (tertiary/aromatic N) is 2. The molecule has 1 aromatic carbocycles. The van der Waals surface area contributed by atoms with Crippen LogP contribution in [0.3, 0.4) is 0 Å². The molecule has 1 fully saturated rings. The fourth-order valence-corrected chi connectivity index (χ4v) is 2.91. The minimum atomic E-state index is -0.257. The summed E-state index contributed by atoms with van der Waals surface area (Å²) < 4.78 is 10.7. The summed E-state index contributed by atoms with van der Waals surface area (Å²) in [7, 11) is 0. The standard InChI is InChI=1S/C18H24N4O3/c1-12-11-22(8-9-24-12)16-6-4-15(5-7-16)20-18(23)19-10-17-13(2)21-25-14(17)3/h4-7,12H,8-11H2,1-3H3,(H2,19,20,23)/t12-/m1/s1. The number of anilines is 2. The highest BCUT2D eigenvalue weighted by molar-refractivity contribution is 5.89. The molecule has 0 saturated carbocycles. The van der Waals surface area contributed by atoms with Gasteiger partial charge in [0.2, 0.25) is 0 Å². The van der Waals surface area contributed by atoms with Crippen molar-refractivity contribution in [1.29, 1.82) is 0 Å². The monoisotopic (exact) mass is 344 g/mol. The van der Waals surface area contributed by atoms with Gasteiger partial charge in [-0.3, -0.25) is 0 Å². The number of hydrogen-bond acceptors (Lipinski definition) is 5. The average molecular weight is 344 g/mol. The van der Waals surface area contributed by atoms with Crippen molar-refractivity contribution in [2.24, 2.45) is 0 Å². The average Bonchev–Trinajstić information content (AvgIpc) is 2.92. The van der Waals surface area contributed by atoms with Crippen LogP contribution >= 0.6 is 0 Å². The molecule has 1 aliphatic heterocycles. The van der Waals surface area contributed by atoms with E-state index in [-0.39, 0.29) is 12.1 Å². The van der Waals surface area contributed by atoms with Crippen molar-refractivity contribution < 1.29 is 14.1 Å². The molecular weight excluding hydrogens is 320 g/mol. The number of morpholine rings is 1. The van der Waals surface area contributed by atoms with Crippen molar-refractivity contribution in [1.82, 2.24) is 10.5 Å². The van der Waals surface area contributed by atoms with Crippen LogP contribution in [-0.2, 0) is 11.3 Å². The third kappa shape index (κ3) is 4.30. The zero-order valence-electron chi connectivity index (χ0n) is 14.8. The number of rotatable bonds is 4. The van der Waals surface area contributed by atoms with Gasteiger partial charge >= 0.3 is 6.03 Å². The second-order valence-electron chi connectivity index (χ2n) is 6.28. The number of aromatic nitrogens is 1. The van der Waals surface area contributed by atoms with Gasteiger partial charge in [-0.25, -0.2) is 4.79 Å². The lowest BCUT2D eigenvalue weighted by Crippen LogP contribution is -2.41. The van der Waals surface area contributed by atoms with Crippen molar-refractivity contribution in [3.8, 4) is 0 Å². The Hall–Kier alpha value is -2.54. The largest absolute Gasteiger partial charge is 0.375 e. The zero-order chi connectivity index (χ0) is 17.8. The van der Waals surface area contributed by atoms with Gasteiger partial charge in [-0.05, 0) is 45.0 Å². The first kappa shape index (κ1) is 17.3. The fraction of sp³-hybridized carbons (Fsp3) is 0.444. The SMILES string of the molecule is Cc1noc(C)c1CNC(=O)Nc1ccc(N2CCO[C@H](C)C2)cc1. The van der Waals surface area contributed by atoms with Crippen molar-refractivity contribution in [3.63, 3.8) is 0 Å². The van der Waals surface area contributed by atoms with Gasteiger partial charge in [0.15, 0.2) is 0 Å². The van der Waals surface area contributed by atoms with E-state index >= 15 is 0 Å². The Balaban J connectivity index is 1.53. The lowest BCUT2D eigenvalue weighted by Gasteiger charge is -2.33. The number of nitrogens with one attached hydrogen (secondary N) is 2. The predicted octanol–water partition coefficient (Wildman–Crippen LogP) is 2.84. The van der Waals surface area contributed by atoms with Crippen molar-refractivity contribution >= 4 is 17.4 Å². The number of ether oxygens (including phenoxy) is 1. The van der Waals surface area contributed by atoms with Crippen LogP contribution in [-0.4, -0.2) is 37.0 Å². The maximum Gasteiger partial charge on any atom is 0.319 e. The van der Waals surface area contributed by atoms with Crippen LogP contribution in [0.4, 0.5) is 16.2 Å². The fourth-order valence-electron chi connectivity index (χ4n) is 2.91. The Morgan fingerprint density at radius 2 is 2.08 bits per heavy atom. The Morgan fingerprint density at radius 1 is 1.32 bits per heavy atom. The molecule has 1 aromatic heterocycles. The maximum atomic E-state index is 12.1. The summed E-state index contributed by atoms with van der Waals surface area (Å²) >= 11 is 0. The molecule has 0 unspecified atom stereocenters. The molecule has 2 heterocycles. The van der Waals surface area contributed by atoms with Crippen LogP contribution in [0.1, 0.15) is 23.9 Å². The molecule has 1 aliphatic rings. The maximum absolute atomic E-state index is 12.1. The van der Waals surface area contributed by atoms with E-state index in [9.17, 15) is 4.79 Å². The van der Waals surface area contributed by atoms with E-state index in [1.54, 1.807) is 0 Å². The van der Waals surface area contributed by atoms with E-state index < -0.39 is 0 Å². The quantitative estimate of drug-likeness (QED) is 0.891. The number of urea groups is 1. The summed E-state index contributed by atoms with van der Waals surface area (Å²) in [5, 5.41) is 9.54. The van der Waals surface area contributed by atoms with Gasteiger partial charge in [-0.15, -0.1) is 0 Å². The normalized spacial score (nSPS) is 17.4. The Labute approximate surface area is 147 Å². The number of benzene rings is 1. The molecule has 2 N–H and O–H groups in total. The summed E-state index contributed by atoms with van der Waals surface area (Å²) in [5.74, 6) is 0.724. The highest BCUT2D eigenvalue weighted by Crippen LogP contribution is 2.20. The molecular formula is C18H24N4O3. The molecule has 3 rings (SSSR count). The van der Waals surface area contributed by atoms with Gasteiger partial charge < -0.3 is 24.8 Å². The summed E-state index contributed by atoms with van der Waals surface area (Å²) in [6, 6.07) is 7.59. The van der Waals surface area contributed by atoms with Crippen LogP contribution in [0.15, 0.2) is 28.8 Å². The molecule has 25 heavy (non-hydrogen) atoms. The lowest BCUT2D eigenvalue weighted by molar-refractivity contribution is 0.0532. The first-order valence-corrected chi connectivity index (χ1v) is 8.46. The molecule has 0 spiro atoms. The van der Waals surface area contributed by atoms with E-state index in [4.69, 9.17) is 9.26 Å². The first-order chi connectivity index (χ1) is 12.0. The third-order valence-corrected chi connectivity index (χ3v) is 4.34. The van der Waals surface area contributed by atoms with Crippen LogP contribution < -0.4 is 15.5 Å². The highest BCUT2D eigenvalue weighted by atomic mass is 16.5. The van der Waals surface area contributed by atoms with E-state index in [2.05, 4.69) is 27.6 Å². The molecule has 2 aromatic rings. The van der Waals surface area contributed by atoms with E-state index in [0.29, 0.717) is 6.54 Å². The van der Waals surface area contributed by atoms with Gasteiger partial charge in [0, 0.05) is 36.6 Å². The molecule has 0 radical (unpaired) electrons. The summed E-state index contributed by atoms with van der Waals surface area (Å²) in [6.45, 7) is 8.66. The number of carbonyl (C=O) groups is 1. The van der Waals surface area contributed by atoms with Gasteiger partial charge in [-0.1, -0.05) is 5.16 Å². The smallest absolute Gasteiger partial charge is 0.319 e. The van der Waals surface area contributed by atoms with Crippen LogP contribution in [0.2, 0.25) is 0 Å². The summed E-state index contributed by atoms with van der Waals surface area (Å²) in [4.78, 5) is 14.3. The van der Waals surface area contributed by atoms with E-state index in [1.807, 2.05) is 38.1 Å². The number of hydrogen-bond donors (Lipinski definition) is 2. The van der Waals surface area contributed by atoms with Crippen LogP contribution in [0.5, 0.6) is 0 Å². The zero-order valence-corrected chi connectivity index (χ0v) is 14.8. The highest BCUT2D eigenvalue weighted by Gasteiger charge is 2.17. The first-order valence-electron chi connectivity index (χ1n) is 8.46.